The van der Waals surface area contributed by atoms with Gasteiger partial charge in [0.05, 0.1) is 18.7 Å². The number of amides is 1. The molecule has 24 heavy (non-hydrogen) atoms. The molecule has 2 aromatic rings. The van der Waals surface area contributed by atoms with Gasteiger partial charge in [-0.25, -0.2) is 4.39 Å². The zero-order valence-electron chi connectivity index (χ0n) is 13.3. The van der Waals surface area contributed by atoms with Crippen LogP contribution in [0.2, 0.25) is 0 Å². The number of halogens is 1. The molecule has 1 atom stereocenters. The van der Waals surface area contributed by atoms with Crippen LogP contribution in [-0.4, -0.2) is 41.7 Å². The summed E-state index contributed by atoms with van der Waals surface area (Å²) in [6, 6.07) is 9.87. The molecule has 1 saturated heterocycles. The van der Waals surface area contributed by atoms with E-state index in [1.165, 1.54) is 12.1 Å². The van der Waals surface area contributed by atoms with E-state index in [-0.39, 0.29) is 23.9 Å². The Balaban J connectivity index is 1.68. The van der Waals surface area contributed by atoms with Gasteiger partial charge in [-0.1, -0.05) is 18.2 Å². The summed E-state index contributed by atoms with van der Waals surface area (Å²) in [5.41, 5.74) is 0.862. The Bertz CT molecular complexity index is 652. The number of aliphatic hydroxyl groups excluding tert-OH is 1. The molecule has 1 aliphatic heterocycles. The van der Waals surface area contributed by atoms with E-state index >= 15 is 0 Å². The van der Waals surface area contributed by atoms with E-state index < -0.39 is 0 Å². The van der Waals surface area contributed by atoms with Gasteiger partial charge >= 0.3 is 0 Å². The number of carbonyl (C=O) groups excluding carboxylic acids is 1. The van der Waals surface area contributed by atoms with E-state index in [2.05, 4.69) is 10.2 Å². The lowest BCUT2D eigenvalue weighted by Gasteiger charge is -2.29. The number of thiophene rings is 1. The molecule has 0 saturated carbocycles. The number of nitrogens with zero attached hydrogens (tertiary/aromatic N) is 1. The lowest BCUT2D eigenvalue weighted by Crippen LogP contribution is -2.43. The van der Waals surface area contributed by atoms with Gasteiger partial charge in [0.25, 0.3) is 0 Å². The SMILES string of the molecule is O=C(CN1CCC(O)CC1)NC(c1ccc(F)cc1)c1cccs1. The van der Waals surface area contributed by atoms with Crippen molar-refractivity contribution < 1.29 is 14.3 Å². The topological polar surface area (TPSA) is 52.6 Å². The zero-order valence-corrected chi connectivity index (χ0v) is 14.1. The maximum absolute atomic E-state index is 13.2. The van der Waals surface area contributed by atoms with Crippen molar-refractivity contribution in [2.24, 2.45) is 0 Å². The third-order valence-corrected chi connectivity index (χ3v) is 5.20. The van der Waals surface area contributed by atoms with Crippen molar-refractivity contribution in [3.63, 3.8) is 0 Å². The van der Waals surface area contributed by atoms with E-state index in [1.807, 2.05) is 17.5 Å². The summed E-state index contributed by atoms with van der Waals surface area (Å²) >= 11 is 1.56. The highest BCUT2D eigenvalue weighted by atomic mass is 32.1. The van der Waals surface area contributed by atoms with Gasteiger partial charge in [-0.3, -0.25) is 9.69 Å². The molecule has 1 fully saturated rings. The summed E-state index contributed by atoms with van der Waals surface area (Å²) in [6.45, 7) is 1.78. The molecule has 1 aliphatic rings. The first kappa shape index (κ1) is 17.1. The molecule has 128 valence electrons. The monoisotopic (exact) mass is 348 g/mol. The quantitative estimate of drug-likeness (QED) is 0.873. The molecule has 1 unspecified atom stereocenters. The van der Waals surface area contributed by atoms with E-state index in [1.54, 1.807) is 23.5 Å². The number of aliphatic hydroxyl groups is 1. The standard InChI is InChI=1S/C18H21FN2O2S/c19-14-5-3-13(4-6-14)18(16-2-1-11-24-16)20-17(23)12-21-9-7-15(22)8-10-21/h1-6,11,15,18,22H,7-10,12H2,(H,20,23). The van der Waals surface area contributed by atoms with Crippen LogP contribution in [0.3, 0.4) is 0 Å². The first-order chi connectivity index (χ1) is 11.6. The number of nitrogens with one attached hydrogen (secondary N) is 1. The van der Waals surface area contributed by atoms with Crippen LogP contribution in [-0.2, 0) is 4.79 Å². The number of carbonyl (C=O) groups is 1. The van der Waals surface area contributed by atoms with Crippen LogP contribution < -0.4 is 5.32 Å². The molecule has 6 heteroatoms. The minimum Gasteiger partial charge on any atom is -0.393 e. The third kappa shape index (κ3) is 4.41. The second-order valence-corrected chi connectivity index (χ2v) is 7.05. The Kier molecular flexibility index (Phi) is 5.60. The average Bonchev–Trinajstić information content (AvgIpc) is 3.10. The molecule has 0 bridgehead atoms. The van der Waals surface area contributed by atoms with Crippen molar-refractivity contribution in [2.45, 2.75) is 25.0 Å². The van der Waals surface area contributed by atoms with E-state index in [0.29, 0.717) is 19.4 Å². The second kappa shape index (κ2) is 7.88. The van der Waals surface area contributed by atoms with Crippen LogP contribution >= 0.6 is 11.3 Å². The summed E-state index contributed by atoms with van der Waals surface area (Å²) in [4.78, 5) is 15.5. The predicted molar refractivity (Wildman–Crippen MR) is 92.4 cm³/mol. The number of hydrogen-bond acceptors (Lipinski definition) is 4. The van der Waals surface area contributed by atoms with Crippen LogP contribution in [0.15, 0.2) is 41.8 Å². The largest absolute Gasteiger partial charge is 0.393 e. The number of benzene rings is 1. The Morgan fingerprint density at radius 2 is 2.00 bits per heavy atom. The average molecular weight is 348 g/mol. The van der Waals surface area contributed by atoms with Crippen LogP contribution in [0.4, 0.5) is 4.39 Å². The summed E-state index contributed by atoms with van der Waals surface area (Å²) in [7, 11) is 0. The van der Waals surface area contributed by atoms with Gasteiger partial charge in [0.2, 0.25) is 5.91 Å². The van der Waals surface area contributed by atoms with Crippen molar-refractivity contribution in [1.29, 1.82) is 0 Å². The van der Waals surface area contributed by atoms with Gasteiger partial charge in [0.15, 0.2) is 0 Å². The maximum Gasteiger partial charge on any atom is 0.234 e. The number of rotatable bonds is 5. The molecule has 0 aliphatic carbocycles. The fraction of sp³-hybridized carbons (Fsp3) is 0.389. The van der Waals surface area contributed by atoms with Gasteiger partial charge in [-0.15, -0.1) is 11.3 Å². The van der Waals surface area contributed by atoms with Gasteiger partial charge in [-0.05, 0) is 42.0 Å². The fourth-order valence-electron chi connectivity index (χ4n) is 2.92. The highest BCUT2D eigenvalue weighted by Gasteiger charge is 2.22. The van der Waals surface area contributed by atoms with Gasteiger partial charge < -0.3 is 10.4 Å². The first-order valence-corrected chi connectivity index (χ1v) is 8.98. The highest BCUT2D eigenvalue weighted by molar-refractivity contribution is 7.10. The van der Waals surface area contributed by atoms with Crippen molar-refractivity contribution >= 4 is 17.2 Å². The van der Waals surface area contributed by atoms with Crippen molar-refractivity contribution in [3.05, 3.63) is 58.0 Å². The van der Waals surface area contributed by atoms with Gasteiger partial charge in [0, 0.05) is 18.0 Å². The summed E-state index contributed by atoms with van der Waals surface area (Å²) in [6.07, 6.45) is 1.17. The molecule has 2 heterocycles. The molecule has 2 N–H and O–H groups in total. The predicted octanol–water partition coefficient (Wildman–Crippen LogP) is 2.55. The van der Waals surface area contributed by atoms with Crippen molar-refractivity contribution in [2.75, 3.05) is 19.6 Å². The van der Waals surface area contributed by atoms with E-state index in [4.69, 9.17) is 0 Å². The van der Waals surface area contributed by atoms with Crippen LogP contribution in [0, 0.1) is 5.82 Å². The van der Waals surface area contributed by atoms with Crippen LogP contribution in [0.25, 0.3) is 0 Å². The van der Waals surface area contributed by atoms with Gasteiger partial charge in [0.1, 0.15) is 5.82 Å². The van der Waals surface area contributed by atoms with Crippen molar-refractivity contribution in [1.82, 2.24) is 10.2 Å². The Hall–Kier alpha value is -1.76. The smallest absolute Gasteiger partial charge is 0.234 e. The zero-order chi connectivity index (χ0) is 16.9. The molecule has 1 aromatic heterocycles. The Labute approximate surface area is 144 Å². The number of piperidine rings is 1. The van der Waals surface area contributed by atoms with Gasteiger partial charge in [-0.2, -0.15) is 0 Å². The molecular formula is C18H21FN2O2S. The number of likely N-dealkylation sites (tertiary alicyclic amines) is 1. The highest BCUT2D eigenvalue weighted by Crippen LogP contribution is 2.26. The minimum absolute atomic E-state index is 0.0610. The number of hydrogen-bond donors (Lipinski definition) is 2. The van der Waals surface area contributed by atoms with Crippen LogP contribution in [0.1, 0.15) is 29.3 Å². The normalized spacial score (nSPS) is 17.6. The molecule has 1 amide bonds. The molecule has 0 spiro atoms. The lowest BCUT2D eigenvalue weighted by molar-refractivity contribution is -0.123. The Morgan fingerprint density at radius 1 is 1.29 bits per heavy atom. The van der Waals surface area contributed by atoms with Crippen LogP contribution in [0.5, 0.6) is 0 Å². The molecular weight excluding hydrogens is 327 g/mol. The second-order valence-electron chi connectivity index (χ2n) is 6.07. The summed E-state index contributed by atoms with van der Waals surface area (Å²) in [5.74, 6) is -0.351. The molecule has 4 nitrogen and oxygen atoms in total. The maximum atomic E-state index is 13.2. The summed E-state index contributed by atoms with van der Waals surface area (Å²) < 4.78 is 13.2. The fourth-order valence-corrected chi connectivity index (χ4v) is 3.72. The third-order valence-electron chi connectivity index (χ3n) is 4.26. The molecule has 1 aromatic carbocycles. The molecule has 3 rings (SSSR count). The molecule has 0 radical (unpaired) electrons. The summed E-state index contributed by atoms with van der Waals surface area (Å²) in [5, 5.41) is 14.6. The lowest BCUT2D eigenvalue weighted by atomic mass is 10.0. The first-order valence-electron chi connectivity index (χ1n) is 8.10. The van der Waals surface area contributed by atoms with E-state index in [9.17, 15) is 14.3 Å². The minimum atomic E-state index is -0.290. The Morgan fingerprint density at radius 3 is 2.62 bits per heavy atom. The van der Waals surface area contributed by atoms with Crippen molar-refractivity contribution in [3.8, 4) is 0 Å². The van der Waals surface area contributed by atoms with E-state index in [0.717, 1.165) is 23.5 Å².